The minimum Gasteiger partial charge on any atom is -0.670 e. The quantitative estimate of drug-likeness (QED) is 0.384. The molecule has 0 fully saturated rings. The van der Waals surface area contributed by atoms with Gasteiger partial charge in [-0.25, -0.2) is 0 Å². The van der Waals surface area contributed by atoms with Crippen LogP contribution in [-0.4, -0.2) is 5.71 Å². The maximum absolute atomic E-state index is 5.52. The van der Waals surface area contributed by atoms with Crippen molar-refractivity contribution in [3.8, 4) is 0 Å². The molecule has 3 N–H and O–H groups in total. The molecule has 3 nitrogen and oxygen atoms in total. The molecule has 0 bridgehead atoms. The summed E-state index contributed by atoms with van der Waals surface area (Å²) in [7, 11) is 0. The van der Waals surface area contributed by atoms with Gasteiger partial charge < -0.3 is 23.4 Å². The van der Waals surface area contributed by atoms with Crippen LogP contribution >= 0.6 is 0 Å². The highest BCUT2D eigenvalue weighted by Gasteiger charge is 2.09. The first-order chi connectivity index (χ1) is 8.76. The van der Waals surface area contributed by atoms with Crippen molar-refractivity contribution in [3.63, 3.8) is 0 Å². The normalized spacial score (nSPS) is 11.3. The van der Waals surface area contributed by atoms with Crippen LogP contribution in [0.1, 0.15) is 16.7 Å². The molecular formula is C14H14N3S-. The molecule has 0 amide bonds. The zero-order valence-electron chi connectivity index (χ0n) is 10.1. The number of para-hydroxylation sites is 1. The Balaban J connectivity index is 2.49. The van der Waals surface area contributed by atoms with Gasteiger partial charge in [0.2, 0.25) is 0 Å². The monoisotopic (exact) mass is 256 g/mol. The molecule has 0 atom stereocenters. The molecule has 0 heterocycles. The Morgan fingerprint density at radius 3 is 2.39 bits per heavy atom. The van der Waals surface area contributed by atoms with Gasteiger partial charge in [0, 0.05) is 16.8 Å². The van der Waals surface area contributed by atoms with Gasteiger partial charge in [0.05, 0.1) is 5.71 Å². The lowest BCUT2D eigenvalue weighted by atomic mass is 10.00. The van der Waals surface area contributed by atoms with Crippen LogP contribution in [0, 0.1) is 6.92 Å². The van der Waals surface area contributed by atoms with Crippen LogP contribution in [0.5, 0.6) is 0 Å². The number of rotatable bonds is 3. The average molecular weight is 256 g/mol. The summed E-state index contributed by atoms with van der Waals surface area (Å²) >= 11 is 4.90. The lowest BCUT2D eigenvalue weighted by Crippen LogP contribution is -2.09. The van der Waals surface area contributed by atoms with Crippen LogP contribution in [0.4, 0.5) is 5.69 Å². The number of nitrogens with zero attached hydrogens (tertiary/aromatic N) is 1. The Kier molecular flexibility index (Phi) is 3.89. The van der Waals surface area contributed by atoms with Crippen molar-refractivity contribution in [2.75, 3.05) is 4.72 Å². The van der Waals surface area contributed by atoms with E-state index >= 15 is 0 Å². The van der Waals surface area contributed by atoms with Crippen molar-refractivity contribution in [2.45, 2.75) is 6.92 Å². The van der Waals surface area contributed by atoms with Gasteiger partial charge in [-0.1, -0.05) is 48.0 Å². The van der Waals surface area contributed by atoms with Crippen LogP contribution < -0.4 is 10.6 Å². The molecular weight excluding hydrogens is 242 g/mol. The van der Waals surface area contributed by atoms with E-state index in [0.29, 0.717) is 0 Å². The fourth-order valence-electron chi connectivity index (χ4n) is 1.79. The fourth-order valence-corrected chi connectivity index (χ4v) is 1.97. The zero-order chi connectivity index (χ0) is 13.0. The SMILES string of the molecule is Cc1ccc(/C(=N/N)c2ccccc2N[S-])cc1. The highest BCUT2D eigenvalue weighted by Crippen LogP contribution is 2.19. The van der Waals surface area contributed by atoms with E-state index < -0.39 is 0 Å². The molecule has 0 radical (unpaired) electrons. The molecule has 0 saturated carbocycles. The minimum atomic E-state index is 0.725. The van der Waals surface area contributed by atoms with E-state index in [1.165, 1.54) is 5.56 Å². The van der Waals surface area contributed by atoms with Gasteiger partial charge >= 0.3 is 0 Å². The molecule has 92 valence electrons. The maximum atomic E-state index is 5.52. The van der Waals surface area contributed by atoms with Crippen molar-refractivity contribution in [1.29, 1.82) is 0 Å². The molecule has 4 heteroatoms. The summed E-state index contributed by atoms with van der Waals surface area (Å²) in [6, 6.07) is 15.8. The standard InChI is InChI=1S/C14H14N3S/c1-10-6-8-11(9-7-10)14(16-15)12-4-2-3-5-13(12)17-18/h2-9,17H,15H2,1H3/q-1/b16-14-. The Hall–Kier alpha value is -1.94. The summed E-state index contributed by atoms with van der Waals surface area (Å²) in [5.74, 6) is 5.52. The molecule has 0 aromatic heterocycles. The van der Waals surface area contributed by atoms with Crippen LogP contribution in [0.3, 0.4) is 0 Å². The predicted molar refractivity (Wildman–Crippen MR) is 78.4 cm³/mol. The number of anilines is 1. The summed E-state index contributed by atoms with van der Waals surface area (Å²) in [6.45, 7) is 2.04. The highest BCUT2D eigenvalue weighted by atomic mass is 32.1. The van der Waals surface area contributed by atoms with E-state index in [-0.39, 0.29) is 0 Å². The lowest BCUT2D eigenvalue weighted by molar-refractivity contribution is 1.24. The van der Waals surface area contributed by atoms with Gasteiger partial charge in [-0.2, -0.15) is 5.10 Å². The molecule has 18 heavy (non-hydrogen) atoms. The number of hydrogen-bond donors (Lipinski definition) is 2. The summed E-state index contributed by atoms with van der Waals surface area (Å²) in [5, 5.41) is 3.90. The number of benzene rings is 2. The van der Waals surface area contributed by atoms with Crippen molar-refractivity contribution in [1.82, 2.24) is 0 Å². The second-order valence-electron chi connectivity index (χ2n) is 3.99. The van der Waals surface area contributed by atoms with Crippen molar-refractivity contribution in [2.24, 2.45) is 10.9 Å². The topological polar surface area (TPSA) is 50.4 Å². The van der Waals surface area contributed by atoms with Gasteiger partial charge in [0.1, 0.15) is 0 Å². The number of nitrogens with two attached hydrogens (primary N) is 1. The van der Waals surface area contributed by atoms with E-state index in [0.717, 1.165) is 22.5 Å². The second kappa shape index (κ2) is 5.60. The maximum Gasteiger partial charge on any atom is 0.0991 e. The van der Waals surface area contributed by atoms with Crippen molar-refractivity contribution in [3.05, 3.63) is 65.2 Å². The van der Waals surface area contributed by atoms with Crippen LogP contribution in [0.15, 0.2) is 53.6 Å². The van der Waals surface area contributed by atoms with Gasteiger partial charge in [0.25, 0.3) is 0 Å². The van der Waals surface area contributed by atoms with E-state index in [2.05, 4.69) is 9.82 Å². The summed E-state index contributed by atoms with van der Waals surface area (Å²) in [6.07, 6.45) is 0. The van der Waals surface area contributed by atoms with Crippen molar-refractivity contribution >= 4 is 24.2 Å². The Labute approximate surface area is 112 Å². The molecule has 0 aliphatic rings. The summed E-state index contributed by atoms with van der Waals surface area (Å²) in [5.41, 5.74) is 4.63. The number of hydrogen-bond acceptors (Lipinski definition) is 4. The first-order valence-corrected chi connectivity index (χ1v) is 5.99. The highest BCUT2D eigenvalue weighted by molar-refractivity contribution is 7.60. The molecule has 2 aromatic carbocycles. The van der Waals surface area contributed by atoms with E-state index in [1.54, 1.807) is 0 Å². The van der Waals surface area contributed by atoms with Crippen LogP contribution in [0.2, 0.25) is 0 Å². The average Bonchev–Trinajstić information content (AvgIpc) is 2.42. The van der Waals surface area contributed by atoms with E-state index in [1.807, 2.05) is 55.5 Å². The van der Waals surface area contributed by atoms with Gasteiger partial charge in [-0.05, 0) is 13.0 Å². The number of aryl methyl sites for hydroxylation is 1. The van der Waals surface area contributed by atoms with E-state index in [9.17, 15) is 0 Å². The molecule has 0 unspecified atom stereocenters. The molecule has 2 aromatic rings. The third-order valence-corrected chi connectivity index (χ3v) is 2.97. The first kappa shape index (κ1) is 12.5. The van der Waals surface area contributed by atoms with Crippen LogP contribution in [0.25, 0.3) is 0 Å². The van der Waals surface area contributed by atoms with Gasteiger partial charge in [-0.15, -0.1) is 0 Å². The summed E-state index contributed by atoms with van der Waals surface area (Å²) in [4.78, 5) is 0. The Morgan fingerprint density at radius 1 is 1.11 bits per heavy atom. The molecule has 2 rings (SSSR count). The molecule has 0 aliphatic heterocycles. The van der Waals surface area contributed by atoms with Crippen molar-refractivity contribution < 1.29 is 0 Å². The number of nitrogens with one attached hydrogen (secondary N) is 1. The van der Waals surface area contributed by atoms with Gasteiger partial charge in [-0.3, -0.25) is 0 Å². The summed E-state index contributed by atoms with van der Waals surface area (Å²) < 4.78 is 2.74. The third-order valence-electron chi connectivity index (χ3n) is 2.75. The lowest BCUT2D eigenvalue weighted by Gasteiger charge is -2.16. The largest absolute Gasteiger partial charge is 0.670 e. The predicted octanol–water partition coefficient (Wildman–Crippen LogP) is 2.58. The van der Waals surface area contributed by atoms with Gasteiger partial charge in [0.15, 0.2) is 0 Å². The van der Waals surface area contributed by atoms with E-state index in [4.69, 9.17) is 18.7 Å². The first-order valence-electron chi connectivity index (χ1n) is 5.58. The Morgan fingerprint density at radius 2 is 1.78 bits per heavy atom. The number of hydrazone groups is 1. The minimum absolute atomic E-state index is 0.725. The smallest absolute Gasteiger partial charge is 0.0991 e. The Bertz CT molecular complexity index is 562. The molecule has 0 aliphatic carbocycles. The van der Waals surface area contributed by atoms with Crippen LogP contribution in [-0.2, 0) is 12.8 Å². The zero-order valence-corrected chi connectivity index (χ0v) is 10.9. The fraction of sp³-hybridized carbons (Fsp3) is 0.0714. The second-order valence-corrected chi connectivity index (χ2v) is 4.20. The molecule has 0 saturated heterocycles. The molecule has 0 spiro atoms. The third kappa shape index (κ3) is 2.49.